The summed E-state index contributed by atoms with van der Waals surface area (Å²) in [5.74, 6) is -3.74. The molecule has 142 valence electrons. The molecule has 0 aromatic heterocycles. The van der Waals surface area contributed by atoms with Crippen molar-refractivity contribution in [2.24, 2.45) is 23.7 Å². The fraction of sp³-hybridized carbons (Fsp3) is 0.684. The first-order valence-electron chi connectivity index (χ1n) is 8.87. The average Bonchev–Trinajstić information content (AvgIpc) is 2.92. The Hall–Kier alpha value is -2.18. The summed E-state index contributed by atoms with van der Waals surface area (Å²) in [6, 6.07) is 0. The summed E-state index contributed by atoms with van der Waals surface area (Å²) in [5, 5.41) is 0. The molecule has 3 rings (SSSR count). The van der Waals surface area contributed by atoms with E-state index < -0.39 is 53.5 Å². The van der Waals surface area contributed by atoms with Crippen molar-refractivity contribution in [3.8, 4) is 0 Å². The number of esters is 3. The lowest BCUT2D eigenvalue weighted by molar-refractivity contribution is -0.161. The molecule has 0 aromatic rings. The molecule has 3 aliphatic rings. The van der Waals surface area contributed by atoms with Crippen LogP contribution in [0.1, 0.15) is 40.5 Å². The summed E-state index contributed by atoms with van der Waals surface area (Å²) in [6.45, 7) is 10.4. The van der Waals surface area contributed by atoms with Gasteiger partial charge in [-0.05, 0) is 13.8 Å². The van der Waals surface area contributed by atoms with Crippen LogP contribution in [0.3, 0.4) is 0 Å². The van der Waals surface area contributed by atoms with Gasteiger partial charge in [0.1, 0.15) is 23.6 Å². The predicted octanol–water partition coefficient (Wildman–Crippen LogP) is 1.58. The van der Waals surface area contributed by atoms with Gasteiger partial charge in [0.05, 0.1) is 24.2 Å². The molecule has 0 radical (unpaired) electrons. The zero-order valence-corrected chi connectivity index (χ0v) is 15.4. The number of ketones is 1. The first-order chi connectivity index (χ1) is 12.0. The van der Waals surface area contributed by atoms with Crippen LogP contribution in [0.4, 0.5) is 0 Å². The van der Waals surface area contributed by atoms with E-state index >= 15 is 0 Å². The third kappa shape index (κ3) is 2.83. The number of rotatable bonds is 3. The molecule has 0 amide bonds. The number of hydrogen-bond acceptors (Lipinski definition) is 7. The van der Waals surface area contributed by atoms with Crippen molar-refractivity contribution < 1.29 is 33.4 Å². The molecule has 7 nitrogen and oxygen atoms in total. The summed E-state index contributed by atoms with van der Waals surface area (Å²) in [4.78, 5) is 48.8. The smallest absolute Gasteiger partial charge is 0.334 e. The first kappa shape index (κ1) is 18.6. The van der Waals surface area contributed by atoms with E-state index in [-0.39, 0.29) is 30.1 Å². The Balaban J connectivity index is 2.07. The van der Waals surface area contributed by atoms with Crippen LogP contribution in [0.15, 0.2) is 12.2 Å². The molecular weight excluding hydrogens is 340 g/mol. The Morgan fingerprint density at radius 1 is 1.31 bits per heavy atom. The van der Waals surface area contributed by atoms with Crippen molar-refractivity contribution in [1.82, 2.24) is 0 Å². The normalized spacial score (nSPS) is 39.0. The van der Waals surface area contributed by atoms with Crippen LogP contribution < -0.4 is 0 Å². The maximum atomic E-state index is 12.4. The number of carbonyl (C=O) groups excluding carboxylic acids is 4. The molecule has 0 N–H and O–H groups in total. The van der Waals surface area contributed by atoms with Crippen LogP contribution in [-0.4, -0.2) is 41.5 Å². The van der Waals surface area contributed by atoms with E-state index in [0.29, 0.717) is 0 Å². The Bertz CT molecular complexity index is 694. The van der Waals surface area contributed by atoms with Gasteiger partial charge in [0.25, 0.3) is 0 Å². The van der Waals surface area contributed by atoms with Crippen LogP contribution in [0.25, 0.3) is 0 Å². The Kier molecular flexibility index (Phi) is 4.45. The van der Waals surface area contributed by atoms with Crippen LogP contribution in [0, 0.1) is 23.7 Å². The van der Waals surface area contributed by atoms with E-state index in [1.807, 2.05) is 0 Å². The van der Waals surface area contributed by atoms with Gasteiger partial charge in [-0.3, -0.25) is 14.4 Å². The van der Waals surface area contributed by atoms with Crippen LogP contribution >= 0.6 is 0 Å². The molecule has 26 heavy (non-hydrogen) atoms. The minimum Gasteiger partial charge on any atom is -0.461 e. The maximum Gasteiger partial charge on any atom is 0.334 e. The van der Waals surface area contributed by atoms with Crippen LogP contribution in [0.2, 0.25) is 0 Å². The van der Waals surface area contributed by atoms with Gasteiger partial charge in [-0.1, -0.05) is 20.4 Å². The zero-order chi connectivity index (χ0) is 19.4. The third-order valence-corrected chi connectivity index (χ3v) is 5.78. The van der Waals surface area contributed by atoms with E-state index in [1.165, 1.54) is 6.92 Å². The lowest BCUT2D eigenvalue weighted by Gasteiger charge is -2.33. The lowest BCUT2D eigenvalue weighted by atomic mass is 9.74. The number of carbonyl (C=O) groups is 4. The summed E-state index contributed by atoms with van der Waals surface area (Å²) in [5.41, 5.74) is -0.774. The number of hydrogen-bond donors (Lipinski definition) is 0. The van der Waals surface area contributed by atoms with Crippen molar-refractivity contribution in [2.75, 3.05) is 0 Å². The van der Waals surface area contributed by atoms with Gasteiger partial charge in [-0.2, -0.15) is 0 Å². The molecule has 6 atom stereocenters. The van der Waals surface area contributed by atoms with Crippen molar-refractivity contribution in [3.05, 3.63) is 12.2 Å². The average molecular weight is 364 g/mol. The minimum absolute atomic E-state index is 0.0683. The van der Waals surface area contributed by atoms with Crippen molar-refractivity contribution in [3.63, 3.8) is 0 Å². The van der Waals surface area contributed by atoms with Gasteiger partial charge < -0.3 is 14.2 Å². The molecular formula is C19H24O7. The van der Waals surface area contributed by atoms with E-state index in [9.17, 15) is 19.2 Å². The Morgan fingerprint density at radius 2 is 1.96 bits per heavy atom. The molecule has 1 aliphatic carbocycles. The number of ether oxygens (including phenoxy) is 3. The van der Waals surface area contributed by atoms with Crippen molar-refractivity contribution >= 4 is 23.7 Å². The van der Waals surface area contributed by atoms with Gasteiger partial charge in [-0.15, -0.1) is 0 Å². The SMILES string of the molecule is C=C1C(=O)OC2C1C(OC(=O)C(C)C)CC1(C)OC(=O)CC1C2C(C)=O. The predicted molar refractivity (Wildman–Crippen MR) is 88.6 cm³/mol. The largest absolute Gasteiger partial charge is 0.461 e. The molecule has 0 spiro atoms. The maximum absolute atomic E-state index is 12.4. The lowest BCUT2D eigenvalue weighted by Crippen LogP contribution is -2.42. The highest BCUT2D eigenvalue weighted by molar-refractivity contribution is 5.92. The molecule has 6 unspecified atom stereocenters. The minimum atomic E-state index is -0.966. The summed E-state index contributed by atoms with van der Waals surface area (Å²) >= 11 is 0. The molecule has 0 aromatic carbocycles. The molecule has 1 saturated carbocycles. The van der Waals surface area contributed by atoms with E-state index in [1.54, 1.807) is 20.8 Å². The monoisotopic (exact) mass is 364 g/mol. The fourth-order valence-electron chi connectivity index (χ4n) is 4.48. The van der Waals surface area contributed by atoms with Crippen LogP contribution in [0.5, 0.6) is 0 Å². The highest BCUT2D eigenvalue weighted by Gasteiger charge is 2.62. The highest BCUT2D eigenvalue weighted by atomic mass is 16.6. The van der Waals surface area contributed by atoms with Gasteiger partial charge in [-0.25, -0.2) is 4.79 Å². The van der Waals surface area contributed by atoms with E-state index in [4.69, 9.17) is 14.2 Å². The molecule has 7 heteroatoms. The first-order valence-corrected chi connectivity index (χ1v) is 8.87. The molecule has 3 fully saturated rings. The van der Waals surface area contributed by atoms with E-state index in [0.717, 1.165) is 0 Å². The third-order valence-electron chi connectivity index (χ3n) is 5.78. The van der Waals surface area contributed by atoms with Crippen LogP contribution in [-0.2, 0) is 33.4 Å². The summed E-state index contributed by atoms with van der Waals surface area (Å²) in [7, 11) is 0. The number of fused-ring (bicyclic) bond motifs is 2. The van der Waals surface area contributed by atoms with Gasteiger partial charge in [0.2, 0.25) is 0 Å². The molecule has 2 saturated heterocycles. The molecule has 2 heterocycles. The fourth-order valence-corrected chi connectivity index (χ4v) is 4.48. The Labute approximate surface area is 152 Å². The van der Waals surface area contributed by atoms with E-state index in [2.05, 4.69) is 6.58 Å². The second-order valence-corrected chi connectivity index (χ2v) is 7.99. The van der Waals surface area contributed by atoms with Gasteiger partial charge in [0.15, 0.2) is 0 Å². The second-order valence-electron chi connectivity index (χ2n) is 7.99. The molecule has 2 aliphatic heterocycles. The standard InChI is InChI=1S/C19H24O7/c1-8(2)17(22)24-12-7-19(5)11(6-13(21)26-19)15(10(4)20)16-14(12)9(3)18(23)25-16/h8,11-12,14-16H,3,6-7H2,1-2,4-5H3. The second kappa shape index (κ2) is 6.21. The number of Topliss-reactive ketones (excluding diaryl/α,β-unsaturated/α-hetero) is 1. The Morgan fingerprint density at radius 3 is 2.54 bits per heavy atom. The van der Waals surface area contributed by atoms with Crippen molar-refractivity contribution in [1.29, 1.82) is 0 Å². The highest BCUT2D eigenvalue weighted by Crippen LogP contribution is 2.52. The van der Waals surface area contributed by atoms with Crippen molar-refractivity contribution in [2.45, 2.75) is 58.3 Å². The zero-order valence-electron chi connectivity index (χ0n) is 15.4. The summed E-state index contributed by atoms with van der Waals surface area (Å²) < 4.78 is 16.7. The van der Waals surface area contributed by atoms with Gasteiger partial charge >= 0.3 is 17.9 Å². The topological polar surface area (TPSA) is 96.0 Å². The summed E-state index contributed by atoms with van der Waals surface area (Å²) in [6.07, 6.45) is -1.29. The quantitative estimate of drug-likeness (QED) is 0.426. The van der Waals surface area contributed by atoms with Gasteiger partial charge in [0, 0.05) is 17.9 Å². The molecule has 0 bridgehead atoms.